The molecule has 6 heteroatoms. The van der Waals surface area contributed by atoms with Crippen LogP contribution in [0.4, 0.5) is 17.6 Å². The summed E-state index contributed by atoms with van der Waals surface area (Å²) in [6, 6.07) is 4.78. The monoisotopic (exact) mass is 329 g/mol. The second-order valence-corrected chi connectivity index (χ2v) is 4.20. The Kier molecular flexibility index (Phi) is 3.86. The number of pyridine rings is 1. The van der Waals surface area contributed by atoms with Crippen LogP contribution in [0.25, 0.3) is 0 Å². The van der Waals surface area contributed by atoms with Crippen molar-refractivity contribution in [1.82, 2.24) is 4.98 Å². The molecule has 0 bridgehead atoms. The number of halogens is 5. The minimum Gasteiger partial charge on any atom is -0.248 e. The van der Waals surface area contributed by atoms with E-state index in [2.05, 4.69) is 32.8 Å². The molecule has 0 radical (unpaired) electrons. The normalized spacial score (nSPS) is 9.95. The highest BCUT2D eigenvalue weighted by Gasteiger charge is 2.22. The maximum absolute atomic E-state index is 13.6. The number of rotatable bonds is 0. The van der Waals surface area contributed by atoms with Crippen molar-refractivity contribution in [3.8, 4) is 11.8 Å². The first-order chi connectivity index (χ1) is 9.02. The SMILES string of the molecule is Fc1c(F)c(Br)c(F)c(C#Cc2ccccn2)c1F. The molecule has 1 heterocycles. The fourth-order valence-corrected chi connectivity index (χ4v) is 1.65. The molecule has 2 rings (SSSR count). The van der Waals surface area contributed by atoms with Gasteiger partial charge in [-0.3, -0.25) is 0 Å². The molecule has 2 aromatic rings. The van der Waals surface area contributed by atoms with Gasteiger partial charge in [0, 0.05) is 6.20 Å². The third kappa shape index (κ3) is 2.61. The fraction of sp³-hybridized carbons (Fsp3) is 0. The average Bonchev–Trinajstić information content (AvgIpc) is 2.44. The maximum Gasteiger partial charge on any atom is 0.197 e. The summed E-state index contributed by atoms with van der Waals surface area (Å²) in [5.74, 6) is -1.89. The topological polar surface area (TPSA) is 12.9 Å². The molecule has 0 unspecified atom stereocenters. The zero-order valence-corrected chi connectivity index (χ0v) is 10.7. The molecular formula is C13H4BrF4N. The Morgan fingerprint density at radius 2 is 1.63 bits per heavy atom. The highest BCUT2D eigenvalue weighted by Crippen LogP contribution is 2.27. The van der Waals surface area contributed by atoms with Crippen molar-refractivity contribution in [2.75, 3.05) is 0 Å². The number of benzene rings is 1. The molecule has 0 amide bonds. The van der Waals surface area contributed by atoms with Gasteiger partial charge in [0.05, 0.1) is 4.47 Å². The zero-order chi connectivity index (χ0) is 14.0. The van der Waals surface area contributed by atoms with E-state index in [1.165, 1.54) is 12.3 Å². The summed E-state index contributed by atoms with van der Waals surface area (Å²) in [5, 5.41) is 0. The Bertz CT molecular complexity index is 660. The van der Waals surface area contributed by atoms with Gasteiger partial charge in [-0.2, -0.15) is 0 Å². The summed E-state index contributed by atoms with van der Waals surface area (Å²) >= 11 is 2.50. The third-order valence-corrected chi connectivity index (χ3v) is 2.89. The fourth-order valence-electron chi connectivity index (χ4n) is 1.28. The van der Waals surface area contributed by atoms with Crippen LogP contribution in [0.5, 0.6) is 0 Å². The molecule has 0 fully saturated rings. The predicted molar refractivity (Wildman–Crippen MR) is 64.2 cm³/mol. The highest BCUT2D eigenvalue weighted by molar-refractivity contribution is 9.10. The lowest BCUT2D eigenvalue weighted by molar-refractivity contribution is 0.427. The average molecular weight is 330 g/mol. The largest absolute Gasteiger partial charge is 0.248 e. The first kappa shape index (κ1) is 13.6. The number of hydrogen-bond acceptors (Lipinski definition) is 1. The Balaban J connectivity index is 2.57. The van der Waals surface area contributed by atoms with Crippen LogP contribution in [-0.2, 0) is 0 Å². The summed E-state index contributed by atoms with van der Waals surface area (Å²) in [4.78, 5) is 3.82. The summed E-state index contributed by atoms with van der Waals surface area (Å²) in [5.41, 5.74) is -0.599. The van der Waals surface area contributed by atoms with Crippen LogP contribution in [-0.4, -0.2) is 4.98 Å². The minimum atomic E-state index is -1.78. The number of aromatic nitrogens is 1. The van der Waals surface area contributed by atoms with Crippen LogP contribution in [0.2, 0.25) is 0 Å². The van der Waals surface area contributed by atoms with Gasteiger partial charge in [0.15, 0.2) is 23.3 Å². The Morgan fingerprint density at radius 3 is 2.26 bits per heavy atom. The van der Waals surface area contributed by atoms with Gasteiger partial charge in [0.2, 0.25) is 0 Å². The van der Waals surface area contributed by atoms with E-state index < -0.39 is 33.3 Å². The lowest BCUT2D eigenvalue weighted by Gasteiger charge is -2.03. The van der Waals surface area contributed by atoms with Crippen molar-refractivity contribution >= 4 is 15.9 Å². The molecule has 0 aliphatic rings. The van der Waals surface area contributed by atoms with Crippen LogP contribution in [0, 0.1) is 35.1 Å². The van der Waals surface area contributed by atoms with E-state index in [0.717, 1.165) is 0 Å². The quantitative estimate of drug-likeness (QED) is 0.310. The summed E-state index contributed by atoms with van der Waals surface area (Å²) in [6.07, 6.45) is 1.44. The summed E-state index contributed by atoms with van der Waals surface area (Å²) < 4.78 is 52.4. The van der Waals surface area contributed by atoms with E-state index >= 15 is 0 Å². The molecule has 96 valence electrons. The van der Waals surface area contributed by atoms with Crippen molar-refractivity contribution in [2.24, 2.45) is 0 Å². The molecule has 0 aliphatic carbocycles. The van der Waals surface area contributed by atoms with E-state index in [1.54, 1.807) is 12.1 Å². The van der Waals surface area contributed by atoms with Gasteiger partial charge < -0.3 is 0 Å². The lowest BCUT2D eigenvalue weighted by atomic mass is 10.2. The van der Waals surface area contributed by atoms with Crippen LogP contribution in [0.15, 0.2) is 28.9 Å². The summed E-state index contributed by atoms with van der Waals surface area (Å²) in [6.45, 7) is 0. The predicted octanol–water partition coefficient (Wildman–Crippen LogP) is 3.80. The molecule has 0 saturated heterocycles. The van der Waals surface area contributed by atoms with Gasteiger partial charge in [0.1, 0.15) is 11.3 Å². The van der Waals surface area contributed by atoms with Crippen LogP contribution in [0.1, 0.15) is 11.3 Å². The van der Waals surface area contributed by atoms with Gasteiger partial charge in [-0.15, -0.1) is 0 Å². The first-order valence-corrected chi connectivity index (χ1v) is 5.76. The second-order valence-electron chi connectivity index (χ2n) is 3.41. The molecule has 0 spiro atoms. The summed E-state index contributed by atoms with van der Waals surface area (Å²) in [7, 11) is 0. The van der Waals surface area contributed by atoms with Gasteiger partial charge in [-0.05, 0) is 34.0 Å². The Hall–Kier alpha value is -1.87. The van der Waals surface area contributed by atoms with E-state index in [1.807, 2.05) is 0 Å². The maximum atomic E-state index is 13.6. The lowest BCUT2D eigenvalue weighted by Crippen LogP contribution is -2.01. The van der Waals surface area contributed by atoms with Crippen LogP contribution in [0.3, 0.4) is 0 Å². The van der Waals surface area contributed by atoms with Gasteiger partial charge >= 0.3 is 0 Å². The Morgan fingerprint density at radius 1 is 0.895 bits per heavy atom. The van der Waals surface area contributed by atoms with E-state index in [4.69, 9.17) is 0 Å². The molecular weight excluding hydrogens is 326 g/mol. The van der Waals surface area contributed by atoms with E-state index in [-0.39, 0.29) is 5.69 Å². The standard InChI is InChI=1S/C13H4BrF4N/c14-9-10(15)8(11(16)13(18)12(9)17)5-4-7-3-1-2-6-19-7/h1-3,6H. The molecule has 0 N–H and O–H groups in total. The molecule has 1 nitrogen and oxygen atoms in total. The smallest absolute Gasteiger partial charge is 0.197 e. The first-order valence-electron chi connectivity index (χ1n) is 4.97. The molecule has 1 aromatic heterocycles. The molecule has 1 aromatic carbocycles. The van der Waals surface area contributed by atoms with E-state index in [0.29, 0.717) is 0 Å². The molecule has 0 atom stereocenters. The molecule has 0 saturated carbocycles. The van der Waals surface area contributed by atoms with Gasteiger partial charge in [-0.25, -0.2) is 22.5 Å². The Labute approximate surface area is 114 Å². The third-order valence-electron chi connectivity index (χ3n) is 2.19. The zero-order valence-electron chi connectivity index (χ0n) is 9.15. The minimum absolute atomic E-state index is 0.252. The highest BCUT2D eigenvalue weighted by atomic mass is 79.9. The van der Waals surface area contributed by atoms with E-state index in [9.17, 15) is 17.6 Å². The molecule has 19 heavy (non-hydrogen) atoms. The van der Waals surface area contributed by atoms with Crippen molar-refractivity contribution in [3.05, 3.63) is 63.4 Å². The van der Waals surface area contributed by atoms with Crippen molar-refractivity contribution in [3.63, 3.8) is 0 Å². The number of nitrogens with zero attached hydrogens (tertiary/aromatic N) is 1. The van der Waals surface area contributed by atoms with Crippen molar-refractivity contribution < 1.29 is 17.6 Å². The van der Waals surface area contributed by atoms with Crippen molar-refractivity contribution in [2.45, 2.75) is 0 Å². The van der Waals surface area contributed by atoms with Crippen molar-refractivity contribution in [1.29, 1.82) is 0 Å². The van der Waals surface area contributed by atoms with Crippen LogP contribution >= 0.6 is 15.9 Å². The van der Waals surface area contributed by atoms with Crippen LogP contribution < -0.4 is 0 Å². The van der Waals surface area contributed by atoms with Gasteiger partial charge in [-0.1, -0.05) is 12.0 Å². The molecule has 0 aliphatic heterocycles. The number of hydrogen-bond donors (Lipinski definition) is 0. The second kappa shape index (κ2) is 5.41. The van der Waals surface area contributed by atoms with Gasteiger partial charge in [0.25, 0.3) is 0 Å².